The van der Waals surface area contributed by atoms with E-state index in [1.807, 2.05) is 48.5 Å². The average molecular weight is 432 g/mol. The molecule has 0 aromatic heterocycles. The summed E-state index contributed by atoms with van der Waals surface area (Å²) in [6.45, 7) is 0. The zero-order valence-electron chi connectivity index (χ0n) is 14.4. The Morgan fingerprint density at radius 2 is 1.58 bits per heavy atom. The molecule has 0 saturated heterocycles. The van der Waals surface area contributed by atoms with Crippen molar-refractivity contribution in [1.29, 1.82) is 0 Å². The zero-order valence-corrected chi connectivity index (χ0v) is 16.8. The Bertz CT molecular complexity index is 1020. The lowest BCUT2D eigenvalue weighted by Gasteiger charge is -2.23. The third-order valence-corrected chi connectivity index (χ3v) is 6.50. The van der Waals surface area contributed by atoms with Crippen molar-refractivity contribution < 1.29 is 13.2 Å². The van der Waals surface area contributed by atoms with Crippen LogP contribution in [0.4, 0.5) is 5.69 Å². The third kappa shape index (κ3) is 3.48. The predicted octanol–water partition coefficient (Wildman–Crippen LogP) is 4.95. The molecule has 4 nitrogen and oxygen atoms in total. The van der Waals surface area contributed by atoms with Crippen molar-refractivity contribution in [1.82, 2.24) is 0 Å². The topological polar surface area (TPSA) is 46.6 Å². The molecule has 0 fully saturated rings. The van der Waals surface area contributed by atoms with Crippen molar-refractivity contribution >= 4 is 31.6 Å². The van der Waals surface area contributed by atoms with E-state index in [1.165, 1.54) is 11.4 Å². The number of para-hydroxylation sites is 1. The molecule has 0 spiro atoms. The molecule has 0 heterocycles. The summed E-state index contributed by atoms with van der Waals surface area (Å²) in [5, 5.41) is 0. The summed E-state index contributed by atoms with van der Waals surface area (Å²) in [7, 11) is -0.619. The molecule has 0 aliphatic carbocycles. The highest BCUT2D eigenvalue weighted by Gasteiger charge is 2.24. The minimum atomic E-state index is -3.72. The van der Waals surface area contributed by atoms with Gasteiger partial charge in [-0.25, -0.2) is 8.42 Å². The summed E-state index contributed by atoms with van der Waals surface area (Å²) in [5.41, 5.74) is 2.43. The number of ether oxygens (including phenoxy) is 1. The number of nitrogens with zero attached hydrogens (tertiary/aromatic N) is 1. The van der Waals surface area contributed by atoms with E-state index in [0.29, 0.717) is 15.9 Å². The van der Waals surface area contributed by atoms with Crippen LogP contribution < -0.4 is 9.04 Å². The number of sulfonamides is 1. The van der Waals surface area contributed by atoms with Crippen LogP contribution in [0.15, 0.2) is 82.2 Å². The Balaban J connectivity index is 2.07. The average Bonchev–Trinajstić information content (AvgIpc) is 2.68. The van der Waals surface area contributed by atoms with Gasteiger partial charge in [0.2, 0.25) is 0 Å². The summed E-state index contributed by atoms with van der Waals surface area (Å²) in [4.78, 5) is 0.190. The van der Waals surface area contributed by atoms with Crippen molar-refractivity contribution in [3.8, 4) is 16.9 Å². The van der Waals surface area contributed by atoms with Gasteiger partial charge < -0.3 is 4.74 Å². The van der Waals surface area contributed by atoms with E-state index in [0.717, 1.165) is 11.1 Å². The monoisotopic (exact) mass is 431 g/mol. The Hall–Kier alpha value is -2.31. The van der Waals surface area contributed by atoms with Crippen LogP contribution in [0.1, 0.15) is 0 Å². The van der Waals surface area contributed by atoms with Gasteiger partial charge in [-0.15, -0.1) is 0 Å². The molecule has 0 aliphatic rings. The van der Waals surface area contributed by atoms with Gasteiger partial charge in [0.15, 0.2) is 0 Å². The second-order valence-electron chi connectivity index (χ2n) is 5.65. The Morgan fingerprint density at radius 3 is 2.23 bits per heavy atom. The van der Waals surface area contributed by atoms with Gasteiger partial charge in [0.05, 0.1) is 22.2 Å². The molecule has 0 aliphatic heterocycles. The molecule has 3 aromatic carbocycles. The highest BCUT2D eigenvalue weighted by molar-refractivity contribution is 9.10. The molecule has 134 valence electrons. The van der Waals surface area contributed by atoms with Gasteiger partial charge >= 0.3 is 0 Å². The van der Waals surface area contributed by atoms with Crippen LogP contribution in [0.3, 0.4) is 0 Å². The summed E-state index contributed by atoms with van der Waals surface area (Å²) in [6.07, 6.45) is 0. The van der Waals surface area contributed by atoms with Gasteiger partial charge in [-0.05, 0) is 45.8 Å². The molecule has 0 amide bonds. The van der Waals surface area contributed by atoms with Gasteiger partial charge in [-0.2, -0.15) is 0 Å². The van der Waals surface area contributed by atoms with Gasteiger partial charge in [-0.1, -0.05) is 48.5 Å². The maximum atomic E-state index is 13.1. The standard InChI is InChI=1S/C20H18BrNO3S/c1-22(26(23,24)16-12-13-20(25-2)18(21)14-16)19-11-7-6-10-17(19)15-8-4-3-5-9-15/h3-14H,1-2H3. The number of halogens is 1. The molecule has 0 unspecified atom stereocenters. The molecule has 3 aromatic rings. The number of hydrogen-bond acceptors (Lipinski definition) is 3. The lowest BCUT2D eigenvalue weighted by molar-refractivity contribution is 0.411. The maximum absolute atomic E-state index is 13.1. The number of methoxy groups -OCH3 is 1. The van der Waals surface area contributed by atoms with Crippen molar-refractivity contribution in [2.75, 3.05) is 18.5 Å². The minimum Gasteiger partial charge on any atom is -0.496 e. The minimum absolute atomic E-state index is 0.190. The SMILES string of the molecule is COc1ccc(S(=O)(=O)N(C)c2ccccc2-c2ccccc2)cc1Br. The molecule has 0 N–H and O–H groups in total. The van der Waals surface area contributed by atoms with Crippen molar-refractivity contribution in [3.63, 3.8) is 0 Å². The van der Waals surface area contributed by atoms with E-state index in [4.69, 9.17) is 4.74 Å². The summed E-state index contributed by atoms with van der Waals surface area (Å²) in [5.74, 6) is 0.580. The fraction of sp³-hybridized carbons (Fsp3) is 0.100. The first-order valence-corrected chi connectivity index (χ1v) is 10.2. The highest BCUT2D eigenvalue weighted by Crippen LogP contribution is 2.34. The van der Waals surface area contributed by atoms with Crippen LogP contribution in [0.25, 0.3) is 11.1 Å². The molecule has 0 atom stereocenters. The van der Waals surface area contributed by atoms with Crippen LogP contribution in [-0.4, -0.2) is 22.6 Å². The van der Waals surface area contributed by atoms with E-state index in [1.54, 1.807) is 31.3 Å². The lowest BCUT2D eigenvalue weighted by atomic mass is 10.0. The van der Waals surface area contributed by atoms with E-state index >= 15 is 0 Å². The Morgan fingerprint density at radius 1 is 0.923 bits per heavy atom. The largest absolute Gasteiger partial charge is 0.496 e. The van der Waals surface area contributed by atoms with Crippen LogP contribution >= 0.6 is 15.9 Å². The molecular formula is C20H18BrNO3S. The third-order valence-electron chi connectivity index (χ3n) is 4.11. The van der Waals surface area contributed by atoms with Gasteiger partial charge in [0, 0.05) is 12.6 Å². The van der Waals surface area contributed by atoms with Crippen LogP contribution in [0, 0.1) is 0 Å². The molecule has 3 rings (SSSR count). The second kappa shape index (κ2) is 7.51. The first kappa shape index (κ1) is 18.5. The highest BCUT2D eigenvalue weighted by atomic mass is 79.9. The molecule has 0 bridgehead atoms. The molecule has 6 heteroatoms. The number of benzene rings is 3. The Kier molecular flexibility index (Phi) is 5.34. The second-order valence-corrected chi connectivity index (χ2v) is 8.48. The molecule has 26 heavy (non-hydrogen) atoms. The molecular weight excluding hydrogens is 414 g/mol. The quantitative estimate of drug-likeness (QED) is 0.573. The van der Waals surface area contributed by atoms with Gasteiger partial charge in [-0.3, -0.25) is 4.31 Å². The van der Waals surface area contributed by atoms with Crippen LogP contribution in [-0.2, 0) is 10.0 Å². The Labute approximate surface area is 162 Å². The van der Waals surface area contributed by atoms with Gasteiger partial charge in [0.1, 0.15) is 5.75 Å². The fourth-order valence-electron chi connectivity index (χ4n) is 2.71. The first-order valence-electron chi connectivity index (χ1n) is 7.92. The van der Waals surface area contributed by atoms with Crippen LogP contribution in [0.5, 0.6) is 5.75 Å². The smallest absolute Gasteiger partial charge is 0.264 e. The van der Waals surface area contributed by atoms with Crippen molar-refractivity contribution in [3.05, 3.63) is 77.3 Å². The van der Waals surface area contributed by atoms with E-state index in [-0.39, 0.29) is 4.90 Å². The van der Waals surface area contributed by atoms with Crippen molar-refractivity contribution in [2.45, 2.75) is 4.90 Å². The maximum Gasteiger partial charge on any atom is 0.264 e. The van der Waals surface area contributed by atoms with E-state index in [2.05, 4.69) is 15.9 Å². The van der Waals surface area contributed by atoms with E-state index in [9.17, 15) is 8.42 Å². The molecule has 0 radical (unpaired) electrons. The summed E-state index contributed by atoms with van der Waals surface area (Å²) < 4.78 is 33.3. The number of rotatable bonds is 5. The number of hydrogen-bond donors (Lipinski definition) is 0. The fourth-order valence-corrected chi connectivity index (χ4v) is 4.64. The number of anilines is 1. The zero-order chi connectivity index (χ0) is 18.7. The summed E-state index contributed by atoms with van der Waals surface area (Å²) in [6, 6.07) is 21.9. The van der Waals surface area contributed by atoms with Crippen molar-refractivity contribution in [2.24, 2.45) is 0 Å². The normalized spacial score (nSPS) is 11.2. The lowest BCUT2D eigenvalue weighted by Crippen LogP contribution is -2.27. The van der Waals surface area contributed by atoms with E-state index < -0.39 is 10.0 Å². The molecule has 0 saturated carbocycles. The van der Waals surface area contributed by atoms with Gasteiger partial charge in [0.25, 0.3) is 10.0 Å². The van der Waals surface area contributed by atoms with Crippen LogP contribution in [0.2, 0.25) is 0 Å². The predicted molar refractivity (Wildman–Crippen MR) is 108 cm³/mol. The summed E-state index contributed by atoms with van der Waals surface area (Å²) >= 11 is 3.35. The first-order chi connectivity index (χ1) is 12.4.